The molecular weight excluding hydrogens is 527 g/mol. The molecule has 0 radical (unpaired) electrons. The van der Waals surface area contributed by atoms with E-state index in [2.05, 4.69) is 15.2 Å². The molecule has 1 aromatic heterocycles. The van der Waals surface area contributed by atoms with Gasteiger partial charge in [0.1, 0.15) is 6.04 Å². The van der Waals surface area contributed by atoms with Crippen molar-refractivity contribution in [3.8, 4) is 0 Å². The Labute approximate surface area is 222 Å². The van der Waals surface area contributed by atoms with Crippen LogP contribution in [0.5, 0.6) is 0 Å². The highest BCUT2D eigenvalue weighted by Crippen LogP contribution is 2.37. The zero-order valence-electron chi connectivity index (χ0n) is 19.6. The van der Waals surface area contributed by atoms with Crippen LogP contribution in [-0.2, 0) is 19.1 Å². The number of aromatic nitrogens is 1. The van der Waals surface area contributed by atoms with Crippen molar-refractivity contribution in [2.45, 2.75) is 31.8 Å². The number of carbonyl (C=O) groups is 2. The van der Waals surface area contributed by atoms with Crippen LogP contribution in [0.2, 0.25) is 10.0 Å². The fourth-order valence-electron chi connectivity index (χ4n) is 4.22. The number of benzene rings is 1. The second kappa shape index (κ2) is 12.2. The summed E-state index contributed by atoms with van der Waals surface area (Å²) in [5.74, 6) is -0.855. The van der Waals surface area contributed by atoms with Gasteiger partial charge < -0.3 is 19.9 Å². The largest absolute Gasteiger partial charge is 0.481 e. The highest BCUT2D eigenvalue weighted by atomic mass is 35.5. The summed E-state index contributed by atoms with van der Waals surface area (Å²) in [5, 5.41) is 15.9. The topological polar surface area (TPSA) is 113 Å². The van der Waals surface area contributed by atoms with Crippen LogP contribution in [0.25, 0.3) is 0 Å². The van der Waals surface area contributed by atoms with Crippen LogP contribution in [0.1, 0.15) is 36.4 Å². The average Bonchev–Trinajstić information content (AvgIpc) is 3.38. The van der Waals surface area contributed by atoms with Crippen LogP contribution in [0.4, 0.5) is 0 Å². The minimum atomic E-state index is -0.863. The maximum Gasteiger partial charge on any atom is 0.338 e. The van der Waals surface area contributed by atoms with Crippen molar-refractivity contribution in [3.63, 3.8) is 0 Å². The van der Waals surface area contributed by atoms with Crippen molar-refractivity contribution >= 4 is 52.3 Å². The van der Waals surface area contributed by atoms with E-state index in [-0.39, 0.29) is 19.1 Å². The molecule has 2 aliphatic heterocycles. The van der Waals surface area contributed by atoms with Crippen LogP contribution in [0.15, 0.2) is 46.0 Å². The normalized spacial score (nSPS) is 20.6. The Morgan fingerprint density at radius 1 is 1.36 bits per heavy atom. The number of morpholine rings is 1. The third-order valence-corrected chi connectivity index (χ3v) is 7.26. The number of hydrogen-bond donors (Lipinski definition) is 2. The highest BCUT2D eigenvalue weighted by molar-refractivity contribution is 7.11. The van der Waals surface area contributed by atoms with E-state index in [1.807, 2.05) is 5.38 Å². The molecule has 2 aliphatic rings. The molecule has 0 saturated carbocycles. The van der Waals surface area contributed by atoms with E-state index in [1.54, 1.807) is 31.3 Å². The molecule has 0 aliphatic carbocycles. The number of rotatable bonds is 9. The standard InChI is InChI=1S/C24H26Cl2N4O5S/c1-2-35-24(33)20-18(12-30-8-9-34-13-15(30)4-6-19(31)32)28-22(23-27-7-10-36-23)29-21(20)16-5-3-14(25)11-17(16)26/h3,5,7,10-11,15,21H,2,4,6,8-9,12-13H2,1H3,(H,28,29)(H,31,32)/t15-,21-/m0/s1. The quantitative estimate of drug-likeness (QED) is 0.450. The van der Waals surface area contributed by atoms with Crippen LogP contribution in [-0.4, -0.2) is 71.7 Å². The summed E-state index contributed by atoms with van der Waals surface area (Å²) in [6.07, 6.45) is 2.14. The first-order valence-electron chi connectivity index (χ1n) is 11.5. The molecule has 9 nitrogen and oxygen atoms in total. The van der Waals surface area contributed by atoms with Crippen molar-refractivity contribution in [3.05, 3.63) is 61.7 Å². The average molecular weight is 553 g/mol. The van der Waals surface area contributed by atoms with Gasteiger partial charge in [-0.25, -0.2) is 9.78 Å². The van der Waals surface area contributed by atoms with E-state index in [9.17, 15) is 14.7 Å². The lowest BCUT2D eigenvalue weighted by molar-refractivity contribution is -0.139. The summed E-state index contributed by atoms with van der Waals surface area (Å²) in [5.41, 5.74) is 1.55. The fourth-order valence-corrected chi connectivity index (χ4v) is 5.32. The minimum Gasteiger partial charge on any atom is -0.481 e. The lowest BCUT2D eigenvalue weighted by Gasteiger charge is -2.37. The zero-order chi connectivity index (χ0) is 25.7. The Balaban J connectivity index is 1.78. The molecule has 1 fully saturated rings. The van der Waals surface area contributed by atoms with Gasteiger partial charge in [-0.2, -0.15) is 0 Å². The second-order valence-corrected chi connectivity index (χ2v) is 9.99. The molecule has 2 N–H and O–H groups in total. The first-order valence-corrected chi connectivity index (χ1v) is 13.1. The molecule has 3 heterocycles. The molecule has 0 spiro atoms. The van der Waals surface area contributed by atoms with Gasteiger partial charge in [0.05, 0.1) is 25.4 Å². The Bertz CT molecular complexity index is 1170. The van der Waals surface area contributed by atoms with Gasteiger partial charge in [-0.1, -0.05) is 29.3 Å². The first kappa shape index (κ1) is 26.6. The number of esters is 1. The second-order valence-electron chi connectivity index (χ2n) is 8.25. The van der Waals surface area contributed by atoms with Gasteiger partial charge in [0.25, 0.3) is 0 Å². The number of nitrogens with zero attached hydrogens (tertiary/aromatic N) is 3. The van der Waals surface area contributed by atoms with Gasteiger partial charge in [-0.3, -0.25) is 14.7 Å². The Morgan fingerprint density at radius 3 is 2.89 bits per heavy atom. The number of hydrogen-bond acceptors (Lipinski definition) is 9. The van der Waals surface area contributed by atoms with E-state index < -0.39 is 18.0 Å². The van der Waals surface area contributed by atoms with Crippen LogP contribution >= 0.6 is 34.5 Å². The van der Waals surface area contributed by atoms with Crippen molar-refractivity contribution in [2.75, 3.05) is 32.9 Å². The number of carboxylic acid groups (broad SMARTS) is 1. The molecule has 4 rings (SSSR count). The van der Waals surface area contributed by atoms with Gasteiger partial charge in [0.15, 0.2) is 10.8 Å². The smallest absolute Gasteiger partial charge is 0.338 e. The molecule has 0 amide bonds. The van der Waals surface area contributed by atoms with Gasteiger partial charge in [-0.15, -0.1) is 11.3 Å². The van der Waals surface area contributed by atoms with Crippen molar-refractivity contribution in [1.82, 2.24) is 15.2 Å². The third-order valence-electron chi connectivity index (χ3n) is 5.92. The van der Waals surface area contributed by atoms with Crippen molar-refractivity contribution in [1.29, 1.82) is 0 Å². The number of carboxylic acids is 1. The highest BCUT2D eigenvalue weighted by Gasteiger charge is 2.36. The fraction of sp³-hybridized carbons (Fsp3) is 0.417. The molecule has 0 unspecified atom stereocenters. The van der Waals surface area contributed by atoms with Gasteiger partial charge >= 0.3 is 11.9 Å². The molecule has 12 heteroatoms. The van der Waals surface area contributed by atoms with Crippen LogP contribution < -0.4 is 5.32 Å². The SMILES string of the molecule is CCOC(=O)C1=C(CN2CCOC[C@@H]2CCC(=O)O)NC(c2nccs2)=N[C@H]1c1ccc(Cl)cc1Cl. The summed E-state index contributed by atoms with van der Waals surface area (Å²) < 4.78 is 11.1. The monoisotopic (exact) mass is 552 g/mol. The molecule has 36 heavy (non-hydrogen) atoms. The predicted molar refractivity (Wildman–Crippen MR) is 138 cm³/mol. The third kappa shape index (κ3) is 6.24. The number of carbonyl (C=O) groups excluding carboxylic acids is 1. The van der Waals surface area contributed by atoms with E-state index in [0.29, 0.717) is 70.4 Å². The van der Waals surface area contributed by atoms with E-state index >= 15 is 0 Å². The van der Waals surface area contributed by atoms with E-state index in [1.165, 1.54) is 11.3 Å². The summed E-state index contributed by atoms with van der Waals surface area (Å²) in [7, 11) is 0. The molecular formula is C24H26Cl2N4O5S. The maximum absolute atomic E-state index is 13.3. The Kier molecular flexibility index (Phi) is 8.97. The molecule has 192 valence electrons. The maximum atomic E-state index is 13.3. The lowest BCUT2D eigenvalue weighted by atomic mass is 9.95. The van der Waals surface area contributed by atoms with Crippen LogP contribution in [0.3, 0.4) is 0 Å². The van der Waals surface area contributed by atoms with Crippen molar-refractivity contribution in [2.24, 2.45) is 4.99 Å². The van der Waals surface area contributed by atoms with Gasteiger partial charge in [0, 0.05) is 58.4 Å². The number of aliphatic carboxylic acids is 1. The number of amidine groups is 1. The summed E-state index contributed by atoms with van der Waals surface area (Å²) in [4.78, 5) is 35.9. The summed E-state index contributed by atoms with van der Waals surface area (Å²) in [6.45, 7) is 3.78. The molecule has 1 saturated heterocycles. The van der Waals surface area contributed by atoms with E-state index in [4.69, 9.17) is 37.7 Å². The molecule has 2 aromatic rings. The number of halogens is 2. The molecule has 1 aromatic carbocycles. The number of nitrogens with one attached hydrogen (secondary N) is 1. The van der Waals surface area contributed by atoms with Gasteiger partial charge in [0.2, 0.25) is 0 Å². The predicted octanol–water partition coefficient (Wildman–Crippen LogP) is 3.92. The summed E-state index contributed by atoms with van der Waals surface area (Å²) in [6, 6.07) is 4.21. The molecule has 0 bridgehead atoms. The van der Waals surface area contributed by atoms with Crippen molar-refractivity contribution < 1.29 is 24.2 Å². The number of ether oxygens (including phenoxy) is 2. The van der Waals surface area contributed by atoms with Gasteiger partial charge in [-0.05, 0) is 25.5 Å². The molecule has 2 atom stereocenters. The van der Waals surface area contributed by atoms with E-state index in [0.717, 1.165) is 0 Å². The number of thiazole rings is 1. The minimum absolute atomic E-state index is 0.0244. The lowest BCUT2D eigenvalue weighted by Crippen LogP contribution is -2.49. The number of aliphatic imine (C=N–C) groups is 1. The van der Waals surface area contributed by atoms with Crippen LogP contribution in [0, 0.1) is 0 Å². The Morgan fingerprint density at radius 2 is 2.19 bits per heavy atom. The summed E-state index contributed by atoms with van der Waals surface area (Å²) >= 11 is 14.1. The zero-order valence-corrected chi connectivity index (χ0v) is 21.9. The first-order chi connectivity index (χ1) is 17.4. The Hall–Kier alpha value is -2.50.